The number of pyridine rings is 1. The third-order valence-corrected chi connectivity index (χ3v) is 3.41. The molecule has 0 spiro atoms. The fourth-order valence-corrected chi connectivity index (χ4v) is 2.52. The van der Waals surface area contributed by atoms with Crippen LogP contribution in [0.15, 0.2) is 12.1 Å². The van der Waals surface area contributed by atoms with E-state index in [1.165, 1.54) is 11.0 Å². The smallest absolute Gasteiger partial charge is 0.254 e. The van der Waals surface area contributed by atoms with E-state index in [2.05, 4.69) is 10.3 Å². The Balaban J connectivity index is 2.24. The van der Waals surface area contributed by atoms with Crippen LogP contribution >= 0.6 is 11.6 Å². The molecule has 114 valence electrons. The number of carbonyl (C=O) groups excluding carboxylic acids is 2. The fourth-order valence-electron chi connectivity index (χ4n) is 2.27. The zero-order chi connectivity index (χ0) is 15.4. The summed E-state index contributed by atoms with van der Waals surface area (Å²) in [6.45, 7) is 5.11. The summed E-state index contributed by atoms with van der Waals surface area (Å²) in [6, 6.07) is 2.57. The third kappa shape index (κ3) is 3.71. The molecule has 6 nitrogen and oxygen atoms in total. The lowest BCUT2D eigenvalue weighted by molar-refractivity contribution is -0.130. The second kappa shape index (κ2) is 6.87. The number of hydrogen-bond donors (Lipinski definition) is 1. The lowest BCUT2D eigenvalue weighted by Gasteiger charge is -2.34. The molecule has 1 aliphatic heterocycles. The van der Waals surface area contributed by atoms with Gasteiger partial charge in [0.2, 0.25) is 5.91 Å². The molecule has 1 aromatic heterocycles. The van der Waals surface area contributed by atoms with Gasteiger partial charge in [-0.05, 0) is 26.0 Å². The van der Waals surface area contributed by atoms with Crippen molar-refractivity contribution >= 4 is 23.4 Å². The number of aromatic nitrogens is 1. The molecule has 1 N–H and O–H groups in total. The van der Waals surface area contributed by atoms with E-state index in [0.29, 0.717) is 31.0 Å². The summed E-state index contributed by atoms with van der Waals surface area (Å²) < 4.78 is 5.32. The molecular weight excluding hydrogens is 294 g/mol. The van der Waals surface area contributed by atoms with Crippen molar-refractivity contribution in [3.8, 4) is 0 Å². The number of rotatable bonds is 3. The van der Waals surface area contributed by atoms with Crippen molar-refractivity contribution in [3.63, 3.8) is 0 Å². The Labute approximate surface area is 128 Å². The number of halogens is 1. The standard InChI is InChI=1S/C14H18ClN3O3/c1-3-16-13(19)11-8-21-5-4-18(11)14(20)10-6-9(2)17-12(15)7-10/h6-7,11H,3-5,8H2,1-2H3,(H,16,19). The first-order valence-electron chi connectivity index (χ1n) is 6.83. The molecular formula is C14H18ClN3O3. The molecule has 7 heteroatoms. The Morgan fingerprint density at radius 2 is 2.29 bits per heavy atom. The van der Waals surface area contributed by atoms with Crippen LogP contribution in [0.2, 0.25) is 5.15 Å². The van der Waals surface area contributed by atoms with Gasteiger partial charge in [0.1, 0.15) is 11.2 Å². The van der Waals surface area contributed by atoms with Gasteiger partial charge >= 0.3 is 0 Å². The molecule has 2 heterocycles. The normalized spacial score (nSPS) is 18.4. The second-order valence-electron chi connectivity index (χ2n) is 4.80. The highest BCUT2D eigenvalue weighted by Gasteiger charge is 2.33. The van der Waals surface area contributed by atoms with Gasteiger partial charge in [-0.25, -0.2) is 4.98 Å². The summed E-state index contributed by atoms with van der Waals surface area (Å²) in [5.74, 6) is -0.440. The monoisotopic (exact) mass is 311 g/mol. The van der Waals surface area contributed by atoms with Crippen molar-refractivity contribution in [1.82, 2.24) is 15.2 Å². The van der Waals surface area contributed by atoms with Crippen molar-refractivity contribution in [2.45, 2.75) is 19.9 Å². The second-order valence-corrected chi connectivity index (χ2v) is 5.19. The fraction of sp³-hybridized carbons (Fsp3) is 0.500. The van der Waals surface area contributed by atoms with E-state index in [0.717, 1.165) is 0 Å². The van der Waals surface area contributed by atoms with Gasteiger partial charge in [-0.15, -0.1) is 0 Å². The average molecular weight is 312 g/mol. The molecule has 2 amide bonds. The molecule has 0 bridgehead atoms. The van der Waals surface area contributed by atoms with Gasteiger partial charge in [-0.1, -0.05) is 11.6 Å². The number of ether oxygens (including phenoxy) is 1. The van der Waals surface area contributed by atoms with Gasteiger partial charge in [-0.3, -0.25) is 9.59 Å². The topological polar surface area (TPSA) is 71.5 Å². The predicted molar refractivity (Wildman–Crippen MR) is 78.3 cm³/mol. The maximum atomic E-state index is 12.6. The van der Waals surface area contributed by atoms with E-state index in [9.17, 15) is 9.59 Å². The molecule has 0 saturated carbocycles. The third-order valence-electron chi connectivity index (χ3n) is 3.21. The quantitative estimate of drug-likeness (QED) is 0.846. The van der Waals surface area contributed by atoms with Crippen LogP contribution < -0.4 is 5.32 Å². The Kier molecular flexibility index (Phi) is 5.14. The number of carbonyl (C=O) groups is 2. The van der Waals surface area contributed by atoms with Crippen molar-refractivity contribution < 1.29 is 14.3 Å². The van der Waals surface area contributed by atoms with Crippen molar-refractivity contribution in [2.75, 3.05) is 26.3 Å². The molecule has 1 aromatic rings. The zero-order valence-electron chi connectivity index (χ0n) is 12.1. The summed E-state index contributed by atoms with van der Waals surface area (Å²) in [7, 11) is 0. The maximum Gasteiger partial charge on any atom is 0.254 e. The van der Waals surface area contributed by atoms with Crippen LogP contribution in [0.4, 0.5) is 0 Å². The number of hydrogen-bond acceptors (Lipinski definition) is 4. The first-order chi connectivity index (χ1) is 10.0. The first kappa shape index (κ1) is 15.7. The van der Waals surface area contributed by atoms with Crippen LogP contribution in [0, 0.1) is 6.92 Å². The van der Waals surface area contributed by atoms with Crippen LogP contribution in [0.3, 0.4) is 0 Å². The first-order valence-corrected chi connectivity index (χ1v) is 7.21. The largest absolute Gasteiger partial charge is 0.377 e. The highest BCUT2D eigenvalue weighted by Crippen LogP contribution is 2.16. The van der Waals surface area contributed by atoms with Gasteiger partial charge in [0.15, 0.2) is 0 Å². The molecule has 1 saturated heterocycles. The van der Waals surface area contributed by atoms with Crippen molar-refractivity contribution in [1.29, 1.82) is 0 Å². The molecule has 21 heavy (non-hydrogen) atoms. The Morgan fingerprint density at radius 3 is 2.95 bits per heavy atom. The summed E-state index contributed by atoms with van der Waals surface area (Å²) in [6.07, 6.45) is 0. The molecule has 0 radical (unpaired) electrons. The molecule has 0 aromatic carbocycles. The van der Waals surface area contributed by atoms with Crippen molar-refractivity contribution in [3.05, 3.63) is 28.5 Å². The van der Waals surface area contributed by atoms with Gasteiger partial charge in [-0.2, -0.15) is 0 Å². The molecule has 2 rings (SSSR count). The molecule has 1 aliphatic rings. The lowest BCUT2D eigenvalue weighted by Crippen LogP contribution is -2.55. The van der Waals surface area contributed by atoms with Gasteiger partial charge < -0.3 is 15.0 Å². The Hall–Kier alpha value is -1.66. The summed E-state index contributed by atoms with van der Waals surface area (Å²) >= 11 is 5.90. The van der Waals surface area contributed by atoms with Crippen LogP contribution in [0.25, 0.3) is 0 Å². The van der Waals surface area contributed by atoms with E-state index >= 15 is 0 Å². The minimum Gasteiger partial charge on any atom is -0.377 e. The zero-order valence-corrected chi connectivity index (χ0v) is 12.8. The molecule has 1 unspecified atom stereocenters. The van der Waals surface area contributed by atoms with Crippen LogP contribution in [-0.4, -0.2) is 54.0 Å². The van der Waals surface area contributed by atoms with E-state index in [1.807, 2.05) is 6.92 Å². The van der Waals surface area contributed by atoms with E-state index in [-0.39, 0.29) is 23.6 Å². The van der Waals surface area contributed by atoms with E-state index in [1.54, 1.807) is 13.0 Å². The van der Waals surface area contributed by atoms with Crippen LogP contribution in [-0.2, 0) is 9.53 Å². The molecule has 1 fully saturated rings. The summed E-state index contributed by atoms with van der Waals surface area (Å²) in [4.78, 5) is 30.2. The number of aryl methyl sites for hydroxylation is 1. The average Bonchev–Trinajstić information content (AvgIpc) is 2.45. The van der Waals surface area contributed by atoms with Gasteiger partial charge in [0.25, 0.3) is 5.91 Å². The summed E-state index contributed by atoms with van der Waals surface area (Å²) in [5.41, 5.74) is 1.09. The van der Waals surface area contributed by atoms with Crippen LogP contribution in [0.5, 0.6) is 0 Å². The predicted octanol–water partition coefficient (Wildman–Crippen LogP) is 1.02. The number of morpholine rings is 1. The SMILES string of the molecule is CCNC(=O)C1COCCN1C(=O)c1cc(C)nc(Cl)c1. The number of amides is 2. The highest BCUT2D eigenvalue weighted by atomic mass is 35.5. The minimum absolute atomic E-state index is 0.204. The highest BCUT2D eigenvalue weighted by molar-refractivity contribution is 6.29. The Bertz CT molecular complexity index is 530. The van der Waals surface area contributed by atoms with Crippen LogP contribution in [0.1, 0.15) is 23.0 Å². The minimum atomic E-state index is -0.613. The number of nitrogens with zero attached hydrogens (tertiary/aromatic N) is 2. The summed E-state index contributed by atoms with van der Waals surface area (Å²) in [5, 5.41) is 2.99. The van der Waals surface area contributed by atoms with E-state index < -0.39 is 6.04 Å². The lowest BCUT2D eigenvalue weighted by atomic mass is 10.1. The Morgan fingerprint density at radius 1 is 1.52 bits per heavy atom. The van der Waals surface area contributed by atoms with E-state index in [4.69, 9.17) is 16.3 Å². The number of nitrogens with one attached hydrogen (secondary N) is 1. The molecule has 0 aliphatic carbocycles. The maximum absolute atomic E-state index is 12.6. The molecule has 1 atom stereocenters. The van der Waals surface area contributed by atoms with Gasteiger partial charge in [0.05, 0.1) is 13.2 Å². The van der Waals surface area contributed by atoms with Crippen molar-refractivity contribution in [2.24, 2.45) is 0 Å². The number of likely N-dealkylation sites (N-methyl/N-ethyl adjacent to an activating group) is 1. The van der Waals surface area contributed by atoms with Gasteiger partial charge in [0, 0.05) is 24.3 Å².